The molecule has 2 aromatic rings. The van der Waals surface area contributed by atoms with Gasteiger partial charge in [0.15, 0.2) is 5.96 Å². The van der Waals surface area contributed by atoms with Gasteiger partial charge in [-0.2, -0.15) is 0 Å². The second-order valence-electron chi connectivity index (χ2n) is 7.83. The minimum Gasteiger partial charge on any atom is -0.375 e. The molecule has 8 nitrogen and oxygen atoms in total. The zero-order chi connectivity index (χ0) is 22.2. The van der Waals surface area contributed by atoms with Gasteiger partial charge >= 0.3 is 0 Å². The first kappa shape index (κ1) is 22.6. The van der Waals surface area contributed by atoms with Gasteiger partial charge in [-0.3, -0.25) is 9.79 Å². The Hall–Kier alpha value is -3.13. The van der Waals surface area contributed by atoms with Gasteiger partial charge in [0.25, 0.3) is 5.91 Å². The number of anilines is 1. The van der Waals surface area contributed by atoms with Gasteiger partial charge in [0.05, 0.1) is 12.7 Å². The van der Waals surface area contributed by atoms with E-state index in [0.717, 1.165) is 36.6 Å². The van der Waals surface area contributed by atoms with E-state index in [9.17, 15) is 4.79 Å². The summed E-state index contributed by atoms with van der Waals surface area (Å²) in [5.74, 6) is 1.69. The molecular formula is C23H32N6O2. The molecule has 8 heteroatoms. The number of benzene rings is 1. The molecule has 0 spiro atoms. The molecule has 1 amide bonds. The Bertz CT molecular complexity index is 880. The van der Waals surface area contributed by atoms with Gasteiger partial charge in [0.2, 0.25) is 0 Å². The van der Waals surface area contributed by atoms with E-state index >= 15 is 0 Å². The molecule has 2 heterocycles. The summed E-state index contributed by atoms with van der Waals surface area (Å²) in [6.45, 7) is 5.80. The van der Waals surface area contributed by atoms with Gasteiger partial charge in [0.1, 0.15) is 5.82 Å². The summed E-state index contributed by atoms with van der Waals surface area (Å²) in [4.78, 5) is 24.7. The number of hydrogen-bond acceptors (Lipinski definition) is 5. The first-order valence-corrected chi connectivity index (χ1v) is 10.5. The van der Waals surface area contributed by atoms with Crippen LogP contribution >= 0.6 is 0 Å². The van der Waals surface area contributed by atoms with Crippen molar-refractivity contribution in [1.82, 2.24) is 20.5 Å². The van der Waals surface area contributed by atoms with Crippen LogP contribution in [0.5, 0.6) is 0 Å². The Kier molecular flexibility index (Phi) is 7.83. The summed E-state index contributed by atoms with van der Waals surface area (Å²) in [5, 5.41) is 6.61. The zero-order valence-electron chi connectivity index (χ0n) is 18.8. The molecule has 0 aliphatic carbocycles. The predicted octanol–water partition coefficient (Wildman–Crippen LogP) is 1.87. The van der Waals surface area contributed by atoms with Crippen molar-refractivity contribution in [3.63, 3.8) is 0 Å². The van der Waals surface area contributed by atoms with Gasteiger partial charge in [-0.15, -0.1) is 0 Å². The fourth-order valence-corrected chi connectivity index (χ4v) is 3.35. The second kappa shape index (κ2) is 10.8. The van der Waals surface area contributed by atoms with Crippen LogP contribution in [0.2, 0.25) is 0 Å². The summed E-state index contributed by atoms with van der Waals surface area (Å²) in [7, 11) is 5.24. The summed E-state index contributed by atoms with van der Waals surface area (Å²) < 4.78 is 5.59. The zero-order valence-corrected chi connectivity index (χ0v) is 18.8. The molecule has 1 fully saturated rings. The molecule has 1 saturated heterocycles. The SMILES string of the molecule is CN=C(NCc1ccc(C(=O)N(C)C)cc1)NCc1ccc(N2CCOC(C)C2)nc1. The fourth-order valence-electron chi connectivity index (χ4n) is 3.35. The number of guanidine groups is 1. The van der Waals surface area contributed by atoms with E-state index in [1.807, 2.05) is 30.5 Å². The average molecular weight is 425 g/mol. The lowest BCUT2D eigenvalue weighted by Gasteiger charge is -2.32. The van der Waals surface area contributed by atoms with E-state index in [0.29, 0.717) is 24.6 Å². The Labute approximate surface area is 184 Å². The quantitative estimate of drug-likeness (QED) is 0.544. The van der Waals surface area contributed by atoms with Crippen LogP contribution in [0.25, 0.3) is 0 Å². The van der Waals surface area contributed by atoms with E-state index in [-0.39, 0.29) is 12.0 Å². The lowest BCUT2D eigenvalue weighted by molar-refractivity contribution is 0.0529. The maximum Gasteiger partial charge on any atom is 0.253 e. The molecule has 2 N–H and O–H groups in total. The number of morpholine rings is 1. The smallest absolute Gasteiger partial charge is 0.253 e. The highest BCUT2D eigenvalue weighted by Gasteiger charge is 2.17. The topological polar surface area (TPSA) is 82.1 Å². The number of aromatic nitrogens is 1. The maximum atomic E-state index is 12.0. The average Bonchev–Trinajstić information content (AvgIpc) is 2.79. The van der Waals surface area contributed by atoms with Crippen LogP contribution in [0.1, 0.15) is 28.4 Å². The molecule has 3 rings (SSSR count). The molecule has 1 aromatic heterocycles. The number of carbonyl (C=O) groups excluding carboxylic acids is 1. The summed E-state index contributed by atoms with van der Waals surface area (Å²) >= 11 is 0. The summed E-state index contributed by atoms with van der Waals surface area (Å²) in [5.41, 5.74) is 2.84. The Morgan fingerprint density at radius 1 is 1.16 bits per heavy atom. The minimum absolute atomic E-state index is 0.000236. The summed E-state index contributed by atoms with van der Waals surface area (Å²) in [6, 6.07) is 11.7. The molecular weight excluding hydrogens is 392 g/mol. The van der Waals surface area contributed by atoms with Crippen molar-refractivity contribution < 1.29 is 9.53 Å². The molecule has 1 atom stereocenters. The molecule has 31 heavy (non-hydrogen) atoms. The van der Waals surface area contributed by atoms with E-state index in [2.05, 4.69) is 44.6 Å². The van der Waals surface area contributed by atoms with Crippen LogP contribution in [0, 0.1) is 0 Å². The third-order valence-electron chi connectivity index (χ3n) is 5.12. The Morgan fingerprint density at radius 3 is 2.42 bits per heavy atom. The fraction of sp³-hybridized carbons (Fsp3) is 0.435. The van der Waals surface area contributed by atoms with E-state index in [1.54, 1.807) is 26.0 Å². The van der Waals surface area contributed by atoms with Crippen molar-refractivity contribution in [3.05, 3.63) is 59.3 Å². The summed E-state index contributed by atoms with van der Waals surface area (Å²) in [6.07, 6.45) is 2.13. The van der Waals surface area contributed by atoms with Crippen molar-refractivity contribution in [1.29, 1.82) is 0 Å². The number of nitrogens with zero attached hydrogens (tertiary/aromatic N) is 4. The lowest BCUT2D eigenvalue weighted by atomic mass is 10.1. The highest BCUT2D eigenvalue weighted by molar-refractivity contribution is 5.93. The van der Waals surface area contributed by atoms with Gasteiger partial charge in [-0.25, -0.2) is 4.98 Å². The van der Waals surface area contributed by atoms with Crippen LogP contribution in [0.4, 0.5) is 5.82 Å². The number of aliphatic imine (C=N–C) groups is 1. The number of hydrogen-bond donors (Lipinski definition) is 2. The molecule has 0 saturated carbocycles. The monoisotopic (exact) mass is 424 g/mol. The van der Waals surface area contributed by atoms with Crippen LogP contribution in [0.3, 0.4) is 0 Å². The minimum atomic E-state index is -0.000236. The highest BCUT2D eigenvalue weighted by Crippen LogP contribution is 2.15. The van der Waals surface area contributed by atoms with Crippen LogP contribution in [-0.4, -0.2) is 68.7 Å². The van der Waals surface area contributed by atoms with Crippen molar-refractivity contribution in [2.24, 2.45) is 4.99 Å². The Balaban J connectivity index is 1.47. The number of amides is 1. The standard InChI is InChI=1S/C23H32N6O2/c1-17-16-29(11-12-31-17)21-10-7-19(14-25-21)15-27-23(24-2)26-13-18-5-8-20(9-6-18)22(30)28(3)4/h5-10,14,17H,11-13,15-16H2,1-4H3,(H2,24,26,27). The van der Waals surface area contributed by atoms with Gasteiger partial charge in [-0.1, -0.05) is 18.2 Å². The van der Waals surface area contributed by atoms with Crippen molar-refractivity contribution in [2.45, 2.75) is 26.1 Å². The molecule has 166 valence electrons. The van der Waals surface area contributed by atoms with Crippen molar-refractivity contribution in [3.8, 4) is 0 Å². The number of rotatable bonds is 6. The Morgan fingerprint density at radius 2 is 1.84 bits per heavy atom. The molecule has 1 aliphatic rings. The largest absolute Gasteiger partial charge is 0.375 e. The third-order valence-corrected chi connectivity index (χ3v) is 5.12. The van der Waals surface area contributed by atoms with E-state index < -0.39 is 0 Å². The van der Waals surface area contributed by atoms with Crippen LogP contribution < -0.4 is 15.5 Å². The van der Waals surface area contributed by atoms with Crippen molar-refractivity contribution >= 4 is 17.7 Å². The molecule has 1 unspecified atom stereocenters. The van der Waals surface area contributed by atoms with Crippen LogP contribution in [0.15, 0.2) is 47.6 Å². The normalized spacial score (nSPS) is 16.7. The highest BCUT2D eigenvalue weighted by atomic mass is 16.5. The van der Waals surface area contributed by atoms with E-state index in [4.69, 9.17) is 4.74 Å². The number of pyridine rings is 1. The van der Waals surface area contributed by atoms with Gasteiger partial charge in [-0.05, 0) is 36.2 Å². The van der Waals surface area contributed by atoms with Crippen LogP contribution in [-0.2, 0) is 17.8 Å². The molecule has 1 aromatic carbocycles. The first-order chi connectivity index (χ1) is 15.0. The van der Waals surface area contributed by atoms with Gasteiger partial charge < -0.3 is 25.2 Å². The van der Waals surface area contributed by atoms with E-state index in [1.165, 1.54) is 0 Å². The second-order valence-corrected chi connectivity index (χ2v) is 7.83. The maximum absolute atomic E-state index is 12.0. The number of carbonyl (C=O) groups is 1. The molecule has 0 radical (unpaired) electrons. The molecule has 0 bridgehead atoms. The molecule has 1 aliphatic heterocycles. The number of nitrogens with one attached hydrogen (secondary N) is 2. The lowest BCUT2D eigenvalue weighted by Crippen LogP contribution is -2.41. The predicted molar refractivity (Wildman–Crippen MR) is 123 cm³/mol. The first-order valence-electron chi connectivity index (χ1n) is 10.5. The third kappa shape index (κ3) is 6.42. The van der Waals surface area contributed by atoms with Gasteiger partial charge in [0, 0.05) is 59.1 Å². The van der Waals surface area contributed by atoms with Crippen molar-refractivity contribution in [2.75, 3.05) is 45.7 Å². The number of ether oxygens (including phenoxy) is 1.